The van der Waals surface area contributed by atoms with E-state index in [2.05, 4.69) is 0 Å². The average molecular weight is 257 g/mol. The summed E-state index contributed by atoms with van der Waals surface area (Å²) in [6.07, 6.45) is 5.95. The summed E-state index contributed by atoms with van der Waals surface area (Å²) in [4.78, 5) is 0. The van der Waals surface area contributed by atoms with Crippen molar-refractivity contribution >= 4 is 11.6 Å². The Morgan fingerprint density at radius 1 is 1.18 bits per heavy atom. The van der Waals surface area contributed by atoms with Crippen LogP contribution in [0.3, 0.4) is 0 Å². The highest BCUT2D eigenvalue weighted by Crippen LogP contribution is 2.35. The number of hydrogen-bond acceptors (Lipinski definition) is 1. The Morgan fingerprint density at radius 3 is 2.47 bits per heavy atom. The summed E-state index contributed by atoms with van der Waals surface area (Å²) in [5, 5.41) is 10.8. The predicted octanol–water partition coefficient (Wildman–Crippen LogP) is 4.48. The molecular weight excluding hydrogens is 239 g/mol. The minimum absolute atomic E-state index is 0.172. The maximum absolute atomic E-state index is 13.7. The van der Waals surface area contributed by atoms with Crippen molar-refractivity contribution < 1.29 is 9.50 Å². The second-order valence-electron chi connectivity index (χ2n) is 4.86. The second-order valence-corrected chi connectivity index (χ2v) is 5.30. The minimum atomic E-state index is -0.716. The van der Waals surface area contributed by atoms with Crippen molar-refractivity contribution in [2.45, 2.75) is 44.6 Å². The smallest absolute Gasteiger partial charge is 0.129 e. The normalized spacial score (nSPS) is 19.9. The quantitative estimate of drug-likeness (QED) is 0.774. The monoisotopic (exact) mass is 256 g/mol. The van der Waals surface area contributed by atoms with Gasteiger partial charge < -0.3 is 5.11 Å². The predicted molar refractivity (Wildman–Crippen MR) is 67.6 cm³/mol. The average Bonchev–Trinajstić information content (AvgIpc) is 2.60. The van der Waals surface area contributed by atoms with Gasteiger partial charge in [0, 0.05) is 10.6 Å². The number of rotatable bonds is 2. The van der Waals surface area contributed by atoms with Gasteiger partial charge in [-0.1, -0.05) is 37.3 Å². The molecule has 94 valence electrons. The highest BCUT2D eigenvalue weighted by atomic mass is 35.5. The number of halogens is 2. The minimum Gasteiger partial charge on any atom is -0.388 e. The van der Waals surface area contributed by atoms with Gasteiger partial charge in [0.15, 0.2) is 0 Å². The van der Waals surface area contributed by atoms with Crippen molar-refractivity contribution in [3.63, 3.8) is 0 Å². The molecule has 0 aromatic heterocycles. The largest absolute Gasteiger partial charge is 0.388 e. The molecule has 0 saturated heterocycles. The Bertz CT molecular complexity index is 372. The van der Waals surface area contributed by atoms with Crippen LogP contribution in [-0.4, -0.2) is 5.11 Å². The van der Waals surface area contributed by atoms with Gasteiger partial charge in [0.05, 0.1) is 6.10 Å². The van der Waals surface area contributed by atoms with Gasteiger partial charge in [-0.15, -0.1) is 0 Å². The molecule has 1 N–H and O–H groups in total. The van der Waals surface area contributed by atoms with Crippen molar-refractivity contribution in [2.24, 2.45) is 5.92 Å². The van der Waals surface area contributed by atoms with E-state index in [0.29, 0.717) is 10.6 Å². The van der Waals surface area contributed by atoms with E-state index in [-0.39, 0.29) is 11.7 Å². The lowest BCUT2D eigenvalue weighted by atomic mass is 9.89. The second kappa shape index (κ2) is 5.83. The molecule has 0 heterocycles. The molecule has 1 unspecified atom stereocenters. The zero-order valence-corrected chi connectivity index (χ0v) is 10.6. The van der Waals surface area contributed by atoms with Gasteiger partial charge >= 0.3 is 0 Å². The van der Waals surface area contributed by atoms with Crippen LogP contribution in [0.25, 0.3) is 0 Å². The molecule has 1 nitrogen and oxygen atoms in total. The first-order chi connectivity index (χ1) is 8.18. The lowest BCUT2D eigenvalue weighted by molar-refractivity contribution is 0.0952. The molecule has 0 radical (unpaired) electrons. The maximum atomic E-state index is 13.7. The number of hydrogen-bond donors (Lipinski definition) is 1. The van der Waals surface area contributed by atoms with Crippen LogP contribution in [-0.2, 0) is 0 Å². The van der Waals surface area contributed by atoms with Gasteiger partial charge in [0.2, 0.25) is 0 Å². The molecule has 0 amide bonds. The zero-order chi connectivity index (χ0) is 12.3. The first kappa shape index (κ1) is 12.8. The van der Waals surface area contributed by atoms with Gasteiger partial charge in [-0.25, -0.2) is 4.39 Å². The van der Waals surface area contributed by atoms with E-state index < -0.39 is 6.10 Å². The van der Waals surface area contributed by atoms with Gasteiger partial charge in [-0.05, 0) is 37.0 Å². The van der Waals surface area contributed by atoms with Gasteiger partial charge in [-0.2, -0.15) is 0 Å². The fraction of sp³-hybridized carbons (Fsp3) is 0.571. The topological polar surface area (TPSA) is 20.2 Å². The summed E-state index contributed by atoms with van der Waals surface area (Å²) in [7, 11) is 0. The summed E-state index contributed by atoms with van der Waals surface area (Å²) in [6, 6.07) is 4.39. The lowest BCUT2D eigenvalue weighted by Gasteiger charge is -2.22. The van der Waals surface area contributed by atoms with E-state index in [4.69, 9.17) is 11.6 Å². The highest BCUT2D eigenvalue weighted by Gasteiger charge is 2.24. The third kappa shape index (κ3) is 3.20. The summed E-state index contributed by atoms with van der Waals surface area (Å²) >= 11 is 5.85. The van der Waals surface area contributed by atoms with Gasteiger partial charge in [0.25, 0.3) is 0 Å². The third-order valence-electron chi connectivity index (χ3n) is 3.62. The summed E-state index contributed by atoms with van der Waals surface area (Å²) < 4.78 is 13.7. The number of benzene rings is 1. The lowest BCUT2D eigenvalue weighted by Crippen LogP contribution is -2.13. The van der Waals surface area contributed by atoms with Crippen molar-refractivity contribution in [2.75, 3.05) is 0 Å². The van der Waals surface area contributed by atoms with Crippen molar-refractivity contribution in [3.8, 4) is 0 Å². The Hall–Kier alpha value is -0.600. The SMILES string of the molecule is OC(c1cc(Cl)ccc1F)C1CCCCCC1. The van der Waals surface area contributed by atoms with Crippen LogP contribution in [0.1, 0.15) is 50.2 Å². The number of aliphatic hydroxyl groups is 1. The summed E-state index contributed by atoms with van der Waals surface area (Å²) in [5.74, 6) is -0.184. The molecule has 1 aliphatic rings. The Kier molecular flexibility index (Phi) is 4.41. The molecule has 1 aliphatic carbocycles. The molecular formula is C14H18ClFO. The van der Waals surface area contributed by atoms with Crippen LogP contribution in [0, 0.1) is 11.7 Å². The van der Waals surface area contributed by atoms with Crippen LogP contribution in [0.2, 0.25) is 5.02 Å². The zero-order valence-electron chi connectivity index (χ0n) is 9.83. The molecule has 1 saturated carbocycles. The first-order valence-corrected chi connectivity index (χ1v) is 6.69. The molecule has 0 aliphatic heterocycles. The van der Waals surface area contributed by atoms with E-state index in [0.717, 1.165) is 25.7 Å². The fourth-order valence-corrected chi connectivity index (χ4v) is 2.80. The van der Waals surface area contributed by atoms with E-state index in [1.54, 1.807) is 6.07 Å². The van der Waals surface area contributed by atoms with Crippen molar-refractivity contribution in [1.82, 2.24) is 0 Å². The van der Waals surface area contributed by atoms with Crippen molar-refractivity contribution in [1.29, 1.82) is 0 Å². The first-order valence-electron chi connectivity index (χ1n) is 6.31. The summed E-state index contributed by atoms with van der Waals surface area (Å²) in [6.45, 7) is 0. The Balaban J connectivity index is 2.16. The fourth-order valence-electron chi connectivity index (χ4n) is 2.62. The molecule has 2 rings (SSSR count). The molecule has 1 aromatic carbocycles. The molecule has 0 bridgehead atoms. The molecule has 17 heavy (non-hydrogen) atoms. The van der Waals surface area contributed by atoms with Gasteiger partial charge in [0.1, 0.15) is 5.82 Å². The van der Waals surface area contributed by atoms with Crippen molar-refractivity contribution in [3.05, 3.63) is 34.6 Å². The van der Waals surface area contributed by atoms with Crippen LogP contribution >= 0.6 is 11.6 Å². The van der Waals surface area contributed by atoms with Crippen LogP contribution < -0.4 is 0 Å². The van der Waals surface area contributed by atoms with Crippen LogP contribution in [0.5, 0.6) is 0 Å². The Labute approximate surface area is 107 Å². The molecule has 1 atom stereocenters. The van der Waals surface area contributed by atoms with Crippen LogP contribution in [0.15, 0.2) is 18.2 Å². The maximum Gasteiger partial charge on any atom is 0.129 e. The number of aliphatic hydroxyl groups excluding tert-OH is 1. The van der Waals surface area contributed by atoms with E-state index in [1.807, 2.05) is 0 Å². The van der Waals surface area contributed by atoms with Gasteiger partial charge in [-0.3, -0.25) is 0 Å². The standard InChI is InChI=1S/C14H18ClFO/c15-11-7-8-13(16)12(9-11)14(17)10-5-3-1-2-4-6-10/h7-10,14,17H,1-6H2. The molecule has 1 fully saturated rings. The highest BCUT2D eigenvalue weighted by molar-refractivity contribution is 6.30. The molecule has 1 aromatic rings. The van der Waals surface area contributed by atoms with E-state index in [9.17, 15) is 9.50 Å². The van der Waals surface area contributed by atoms with Crippen LogP contribution in [0.4, 0.5) is 4.39 Å². The van der Waals surface area contributed by atoms with E-state index >= 15 is 0 Å². The summed E-state index contributed by atoms with van der Waals surface area (Å²) in [5.41, 5.74) is 0.351. The molecule has 3 heteroatoms. The Morgan fingerprint density at radius 2 is 1.82 bits per heavy atom. The third-order valence-corrected chi connectivity index (χ3v) is 3.86. The van der Waals surface area contributed by atoms with E-state index in [1.165, 1.54) is 25.0 Å². The molecule has 0 spiro atoms.